The van der Waals surface area contributed by atoms with Crippen LogP contribution < -0.4 is 5.32 Å². The minimum Gasteiger partial charge on any atom is -0.344 e. The number of anilines is 1. The van der Waals surface area contributed by atoms with Gasteiger partial charge >= 0.3 is 0 Å². The van der Waals surface area contributed by atoms with E-state index in [1.807, 2.05) is 13.2 Å². The zero-order valence-corrected chi connectivity index (χ0v) is 5.70. The van der Waals surface area contributed by atoms with Crippen molar-refractivity contribution in [1.29, 1.82) is 0 Å². The van der Waals surface area contributed by atoms with Crippen molar-refractivity contribution in [3.63, 3.8) is 0 Å². The van der Waals surface area contributed by atoms with E-state index in [1.165, 1.54) is 0 Å². The molecule has 2 heterocycles. The van der Waals surface area contributed by atoms with Crippen LogP contribution in [-0.2, 0) is 13.6 Å². The first-order valence-corrected chi connectivity index (χ1v) is 3.13. The maximum Gasteiger partial charge on any atom is 0.107 e. The molecule has 0 saturated carbocycles. The molecule has 10 heavy (non-hydrogen) atoms. The monoisotopic (exact) mass is 136 g/mol. The van der Waals surface area contributed by atoms with Crippen LogP contribution in [0.5, 0.6) is 0 Å². The fourth-order valence-electron chi connectivity index (χ4n) is 1.02. The first-order chi connectivity index (χ1) is 4.86. The van der Waals surface area contributed by atoms with Gasteiger partial charge in [-0.25, -0.2) is 0 Å². The molecule has 0 aromatic carbocycles. The highest BCUT2D eigenvalue weighted by Gasteiger charge is 2.07. The third-order valence-corrected chi connectivity index (χ3v) is 1.46. The van der Waals surface area contributed by atoms with E-state index < -0.39 is 0 Å². The van der Waals surface area contributed by atoms with Gasteiger partial charge in [0.1, 0.15) is 5.69 Å². The molecular formula is C6H8N4. The predicted molar refractivity (Wildman–Crippen MR) is 39.0 cm³/mol. The maximum atomic E-state index is 4.19. The zero-order chi connectivity index (χ0) is 6.97. The van der Waals surface area contributed by atoms with Crippen molar-refractivity contribution in [2.24, 2.45) is 12.0 Å². The molecule has 1 N–H and O–H groups in total. The number of aromatic nitrogens is 2. The first-order valence-electron chi connectivity index (χ1n) is 3.13. The van der Waals surface area contributed by atoms with Gasteiger partial charge in [0.05, 0.1) is 18.6 Å². The Hall–Kier alpha value is -1.32. The van der Waals surface area contributed by atoms with Crippen LogP contribution in [0.15, 0.2) is 11.2 Å². The molecule has 0 amide bonds. The molecule has 0 radical (unpaired) electrons. The second-order valence-electron chi connectivity index (χ2n) is 2.28. The van der Waals surface area contributed by atoms with Crippen molar-refractivity contribution < 1.29 is 0 Å². The molecule has 52 valence electrons. The lowest BCUT2D eigenvalue weighted by atomic mass is 10.3. The van der Waals surface area contributed by atoms with Crippen LogP contribution in [0.25, 0.3) is 0 Å². The fourth-order valence-corrected chi connectivity index (χ4v) is 1.02. The molecule has 4 heteroatoms. The zero-order valence-electron chi connectivity index (χ0n) is 5.70. The lowest BCUT2D eigenvalue weighted by Gasteiger charge is -2.02. The van der Waals surface area contributed by atoms with Gasteiger partial charge < -0.3 is 5.32 Å². The van der Waals surface area contributed by atoms with Gasteiger partial charge in [-0.05, 0) is 0 Å². The third-order valence-electron chi connectivity index (χ3n) is 1.46. The standard InChI is InChI=1S/C6H8N4/c1-10-3-6-5(9-10)2-7-4-8-6/h3-4H,2H2,1H3,(H,7,8). The average Bonchev–Trinajstić information content (AvgIpc) is 2.27. The molecule has 0 aliphatic carbocycles. The Morgan fingerprint density at radius 1 is 1.70 bits per heavy atom. The quantitative estimate of drug-likeness (QED) is 0.560. The van der Waals surface area contributed by atoms with Crippen LogP contribution >= 0.6 is 0 Å². The van der Waals surface area contributed by atoms with Crippen LogP contribution in [0.2, 0.25) is 0 Å². The van der Waals surface area contributed by atoms with Gasteiger partial charge in [0.25, 0.3) is 0 Å². The number of nitrogens with one attached hydrogen (secondary N) is 1. The van der Waals surface area contributed by atoms with Gasteiger partial charge in [-0.1, -0.05) is 0 Å². The summed E-state index contributed by atoms with van der Waals surface area (Å²) in [4.78, 5) is 4.02. The maximum absolute atomic E-state index is 4.19. The molecule has 1 aromatic rings. The summed E-state index contributed by atoms with van der Waals surface area (Å²) >= 11 is 0. The summed E-state index contributed by atoms with van der Waals surface area (Å²) in [6.45, 7) is 0.698. The van der Waals surface area contributed by atoms with E-state index in [0.29, 0.717) is 6.54 Å². The lowest BCUT2D eigenvalue weighted by Crippen LogP contribution is -2.02. The van der Waals surface area contributed by atoms with Crippen LogP contribution in [0.1, 0.15) is 5.69 Å². The topological polar surface area (TPSA) is 42.2 Å². The van der Waals surface area contributed by atoms with Crippen molar-refractivity contribution in [3.05, 3.63) is 11.9 Å². The highest BCUT2D eigenvalue weighted by molar-refractivity contribution is 5.78. The largest absolute Gasteiger partial charge is 0.344 e. The van der Waals surface area contributed by atoms with E-state index >= 15 is 0 Å². The van der Waals surface area contributed by atoms with Crippen LogP contribution in [0.4, 0.5) is 5.69 Å². The number of hydrogen-bond donors (Lipinski definition) is 1. The second kappa shape index (κ2) is 1.83. The summed E-state index contributed by atoms with van der Waals surface area (Å²) in [5.41, 5.74) is 2.09. The molecule has 0 saturated heterocycles. The molecule has 1 aliphatic heterocycles. The smallest absolute Gasteiger partial charge is 0.107 e. The molecule has 4 nitrogen and oxygen atoms in total. The number of fused-ring (bicyclic) bond motifs is 1. The molecule has 0 unspecified atom stereocenters. The lowest BCUT2D eigenvalue weighted by molar-refractivity contribution is 0.743. The van der Waals surface area contributed by atoms with E-state index in [2.05, 4.69) is 15.4 Å². The van der Waals surface area contributed by atoms with E-state index in [1.54, 1.807) is 11.0 Å². The Labute approximate surface area is 58.6 Å². The Balaban J connectivity index is 2.46. The highest BCUT2D eigenvalue weighted by atomic mass is 15.3. The van der Waals surface area contributed by atoms with Crippen molar-refractivity contribution in [2.45, 2.75) is 6.54 Å². The van der Waals surface area contributed by atoms with Crippen molar-refractivity contribution in [3.8, 4) is 0 Å². The highest BCUT2D eigenvalue weighted by Crippen LogP contribution is 2.15. The SMILES string of the molecule is Cn1cc2c(n1)CN=CN2. The van der Waals surface area contributed by atoms with Crippen molar-refractivity contribution in [2.75, 3.05) is 5.32 Å². The Morgan fingerprint density at radius 2 is 2.60 bits per heavy atom. The molecule has 0 fully saturated rings. The average molecular weight is 136 g/mol. The number of aryl methyl sites for hydroxylation is 1. The molecule has 0 spiro atoms. The van der Waals surface area contributed by atoms with Gasteiger partial charge in [-0.3, -0.25) is 9.67 Å². The number of rotatable bonds is 0. The van der Waals surface area contributed by atoms with Crippen LogP contribution in [-0.4, -0.2) is 16.1 Å². The van der Waals surface area contributed by atoms with E-state index in [9.17, 15) is 0 Å². The van der Waals surface area contributed by atoms with Gasteiger partial charge in [-0.2, -0.15) is 5.10 Å². The summed E-state index contributed by atoms with van der Waals surface area (Å²) < 4.78 is 1.78. The normalized spacial score (nSPS) is 14.5. The van der Waals surface area contributed by atoms with E-state index in [4.69, 9.17) is 0 Å². The van der Waals surface area contributed by atoms with Crippen molar-refractivity contribution >= 4 is 12.0 Å². The predicted octanol–water partition coefficient (Wildman–Crippen LogP) is 0.374. The van der Waals surface area contributed by atoms with Gasteiger partial charge in [-0.15, -0.1) is 0 Å². The summed E-state index contributed by atoms with van der Waals surface area (Å²) in [5, 5.41) is 7.20. The Morgan fingerprint density at radius 3 is 3.40 bits per heavy atom. The minimum atomic E-state index is 0.698. The number of aliphatic imine (C=N–C) groups is 1. The van der Waals surface area contributed by atoms with Gasteiger partial charge in [0.2, 0.25) is 0 Å². The summed E-state index contributed by atoms with van der Waals surface area (Å²) in [7, 11) is 1.90. The molecule has 0 bridgehead atoms. The molecule has 1 aliphatic rings. The van der Waals surface area contributed by atoms with E-state index in [0.717, 1.165) is 11.4 Å². The molecule has 0 atom stereocenters. The van der Waals surface area contributed by atoms with Crippen LogP contribution in [0, 0.1) is 0 Å². The van der Waals surface area contributed by atoms with Gasteiger partial charge in [0, 0.05) is 13.2 Å². The summed E-state index contributed by atoms with van der Waals surface area (Å²) in [5.74, 6) is 0. The second-order valence-corrected chi connectivity index (χ2v) is 2.28. The first kappa shape index (κ1) is 5.46. The minimum absolute atomic E-state index is 0.698. The van der Waals surface area contributed by atoms with E-state index in [-0.39, 0.29) is 0 Å². The van der Waals surface area contributed by atoms with Crippen molar-refractivity contribution in [1.82, 2.24) is 9.78 Å². The third kappa shape index (κ3) is 0.689. The molecule has 1 aromatic heterocycles. The fraction of sp³-hybridized carbons (Fsp3) is 0.333. The van der Waals surface area contributed by atoms with Gasteiger partial charge in [0.15, 0.2) is 0 Å². The summed E-state index contributed by atoms with van der Waals surface area (Å²) in [6.07, 6.45) is 3.64. The number of nitrogens with zero attached hydrogens (tertiary/aromatic N) is 3. The Bertz CT molecular complexity index is 248. The summed E-state index contributed by atoms with van der Waals surface area (Å²) in [6, 6.07) is 0. The number of hydrogen-bond acceptors (Lipinski definition) is 3. The van der Waals surface area contributed by atoms with Crippen LogP contribution in [0.3, 0.4) is 0 Å². The molecular weight excluding hydrogens is 128 g/mol. The molecule has 2 rings (SSSR count). The Kier molecular flexibility index (Phi) is 1.00.